The first-order valence-corrected chi connectivity index (χ1v) is 7.59. The van der Waals surface area contributed by atoms with Crippen LogP contribution >= 0.6 is 0 Å². The number of aliphatic hydroxyl groups is 1. The number of aryl methyl sites for hydroxylation is 1. The van der Waals surface area contributed by atoms with Gasteiger partial charge in [0.05, 0.1) is 13.2 Å². The standard InChI is InChI=1S/C17H29NO2/c1-6-17(7-2,8-3)18-12-15(19)14-11-13(4)9-10-16(14)20-5/h9-11,15,18-19H,6-8,12H2,1-5H3. The molecule has 0 aliphatic carbocycles. The monoisotopic (exact) mass is 279 g/mol. The van der Waals surface area contributed by atoms with Crippen molar-refractivity contribution in [2.24, 2.45) is 0 Å². The normalized spacial score (nSPS) is 13.3. The average molecular weight is 279 g/mol. The van der Waals surface area contributed by atoms with Crippen LogP contribution in [-0.4, -0.2) is 24.3 Å². The number of hydrogen-bond acceptors (Lipinski definition) is 3. The molecule has 1 atom stereocenters. The molecule has 0 radical (unpaired) electrons. The third-order valence-electron chi connectivity index (χ3n) is 4.44. The van der Waals surface area contributed by atoms with Crippen LogP contribution in [0.1, 0.15) is 57.3 Å². The van der Waals surface area contributed by atoms with Gasteiger partial charge in [0.1, 0.15) is 5.75 Å². The number of ether oxygens (including phenoxy) is 1. The summed E-state index contributed by atoms with van der Waals surface area (Å²) in [7, 11) is 1.64. The van der Waals surface area contributed by atoms with Crippen LogP contribution in [0.2, 0.25) is 0 Å². The Morgan fingerprint density at radius 2 is 1.80 bits per heavy atom. The fourth-order valence-electron chi connectivity index (χ4n) is 2.66. The Balaban J connectivity index is 2.81. The van der Waals surface area contributed by atoms with Crippen LogP contribution in [0.25, 0.3) is 0 Å². The second-order valence-electron chi connectivity index (χ2n) is 5.48. The van der Waals surface area contributed by atoms with E-state index in [1.54, 1.807) is 7.11 Å². The van der Waals surface area contributed by atoms with Gasteiger partial charge in [0.15, 0.2) is 0 Å². The Bertz CT molecular complexity index is 405. The lowest BCUT2D eigenvalue weighted by atomic mass is 9.89. The van der Waals surface area contributed by atoms with Crippen molar-refractivity contribution >= 4 is 0 Å². The zero-order chi connectivity index (χ0) is 15.2. The molecular formula is C17H29NO2. The van der Waals surface area contributed by atoms with Crippen LogP contribution in [0.3, 0.4) is 0 Å². The van der Waals surface area contributed by atoms with E-state index in [1.165, 1.54) is 0 Å². The molecule has 0 amide bonds. The Morgan fingerprint density at radius 1 is 1.20 bits per heavy atom. The van der Waals surface area contributed by atoms with Crippen LogP contribution in [-0.2, 0) is 0 Å². The lowest BCUT2D eigenvalue weighted by Crippen LogP contribution is -2.45. The summed E-state index contributed by atoms with van der Waals surface area (Å²) >= 11 is 0. The maximum absolute atomic E-state index is 10.5. The number of benzene rings is 1. The molecular weight excluding hydrogens is 250 g/mol. The van der Waals surface area contributed by atoms with E-state index in [4.69, 9.17) is 4.74 Å². The van der Waals surface area contributed by atoms with Crippen molar-refractivity contribution in [3.8, 4) is 5.75 Å². The Morgan fingerprint density at radius 3 is 2.30 bits per heavy atom. The third kappa shape index (κ3) is 3.97. The van der Waals surface area contributed by atoms with Crippen molar-refractivity contribution < 1.29 is 9.84 Å². The van der Waals surface area contributed by atoms with Gasteiger partial charge in [-0.15, -0.1) is 0 Å². The highest BCUT2D eigenvalue weighted by Crippen LogP contribution is 2.27. The summed E-state index contributed by atoms with van der Waals surface area (Å²) in [6, 6.07) is 5.91. The first-order chi connectivity index (χ1) is 9.51. The molecule has 0 aliphatic rings. The summed E-state index contributed by atoms with van der Waals surface area (Å²) in [5, 5.41) is 14.0. The summed E-state index contributed by atoms with van der Waals surface area (Å²) in [5.41, 5.74) is 2.11. The number of hydrogen-bond donors (Lipinski definition) is 2. The van der Waals surface area contributed by atoms with Gasteiger partial charge in [0.25, 0.3) is 0 Å². The van der Waals surface area contributed by atoms with Gasteiger partial charge in [-0.05, 0) is 38.3 Å². The predicted molar refractivity (Wildman–Crippen MR) is 84.3 cm³/mol. The molecule has 0 bridgehead atoms. The summed E-state index contributed by atoms with van der Waals surface area (Å²) in [6.07, 6.45) is 2.65. The second kappa shape index (κ2) is 7.65. The molecule has 0 aliphatic heterocycles. The smallest absolute Gasteiger partial charge is 0.124 e. The molecule has 0 heterocycles. The van der Waals surface area contributed by atoms with Crippen molar-refractivity contribution in [1.82, 2.24) is 5.32 Å². The molecule has 0 saturated heterocycles. The van der Waals surface area contributed by atoms with Crippen molar-refractivity contribution in [1.29, 1.82) is 0 Å². The van der Waals surface area contributed by atoms with Crippen LogP contribution in [0, 0.1) is 6.92 Å². The van der Waals surface area contributed by atoms with Crippen LogP contribution in [0.15, 0.2) is 18.2 Å². The molecule has 114 valence electrons. The zero-order valence-electron chi connectivity index (χ0n) is 13.5. The minimum absolute atomic E-state index is 0.123. The number of aliphatic hydroxyl groups excluding tert-OH is 1. The fourth-order valence-corrected chi connectivity index (χ4v) is 2.66. The van der Waals surface area contributed by atoms with E-state index >= 15 is 0 Å². The molecule has 20 heavy (non-hydrogen) atoms. The van der Waals surface area contributed by atoms with Crippen LogP contribution in [0.4, 0.5) is 0 Å². The van der Waals surface area contributed by atoms with E-state index in [1.807, 2.05) is 25.1 Å². The lowest BCUT2D eigenvalue weighted by Gasteiger charge is -2.33. The molecule has 0 aromatic heterocycles. The largest absolute Gasteiger partial charge is 0.496 e. The van der Waals surface area contributed by atoms with E-state index in [9.17, 15) is 5.11 Å². The molecule has 3 nitrogen and oxygen atoms in total. The van der Waals surface area contributed by atoms with E-state index < -0.39 is 6.10 Å². The van der Waals surface area contributed by atoms with E-state index in [0.717, 1.165) is 36.1 Å². The SMILES string of the molecule is CCC(CC)(CC)NCC(O)c1cc(C)ccc1OC. The number of nitrogens with one attached hydrogen (secondary N) is 1. The van der Waals surface area contributed by atoms with Gasteiger partial charge in [-0.25, -0.2) is 0 Å². The maximum atomic E-state index is 10.5. The number of β-amino-alcohol motifs (C(OH)–C–C–N with tert-alkyl or cyclic N) is 1. The highest BCUT2D eigenvalue weighted by molar-refractivity contribution is 5.38. The Kier molecular flexibility index (Phi) is 6.50. The van der Waals surface area contributed by atoms with Gasteiger partial charge < -0.3 is 15.2 Å². The molecule has 1 unspecified atom stereocenters. The summed E-state index contributed by atoms with van der Waals surface area (Å²) in [4.78, 5) is 0. The maximum Gasteiger partial charge on any atom is 0.124 e. The Hall–Kier alpha value is -1.06. The topological polar surface area (TPSA) is 41.5 Å². The van der Waals surface area contributed by atoms with Crippen molar-refractivity contribution in [2.75, 3.05) is 13.7 Å². The molecule has 1 aromatic rings. The van der Waals surface area contributed by atoms with Crippen LogP contribution < -0.4 is 10.1 Å². The molecule has 0 spiro atoms. The second-order valence-corrected chi connectivity index (χ2v) is 5.48. The minimum Gasteiger partial charge on any atom is -0.496 e. The van der Waals surface area contributed by atoms with Crippen molar-refractivity contribution in [3.05, 3.63) is 29.3 Å². The molecule has 1 aromatic carbocycles. The van der Waals surface area contributed by atoms with Gasteiger partial charge in [-0.1, -0.05) is 32.4 Å². The third-order valence-corrected chi connectivity index (χ3v) is 4.44. The van der Waals surface area contributed by atoms with Gasteiger partial charge in [-0.2, -0.15) is 0 Å². The number of methoxy groups -OCH3 is 1. The summed E-state index contributed by atoms with van der Waals surface area (Å²) < 4.78 is 5.34. The van der Waals surface area contributed by atoms with Crippen molar-refractivity contribution in [3.63, 3.8) is 0 Å². The zero-order valence-corrected chi connectivity index (χ0v) is 13.5. The predicted octanol–water partition coefficient (Wildman–Crippen LogP) is 3.60. The molecule has 1 rings (SSSR count). The summed E-state index contributed by atoms with van der Waals surface area (Å²) in [6.45, 7) is 9.16. The molecule has 0 saturated carbocycles. The average Bonchev–Trinajstić information content (AvgIpc) is 2.49. The molecule has 3 heteroatoms. The quantitative estimate of drug-likeness (QED) is 0.764. The highest BCUT2D eigenvalue weighted by Gasteiger charge is 2.24. The lowest BCUT2D eigenvalue weighted by molar-refractivity contribution is 0.147. The van der Waals surface area contributed by atoms with E-state index in [-0.39, 0.29) is 5.54 Å². The number of rotatable bonds is 8. The molecule has 2 N–H and O–H groups in total. The minimum atomic E-state index is -0.547. The van der Waals surface area contributed by atoms with Gasteiger partial charge in [-0.3, -0.25) is 0 Å². The van der Waals surface area contributed by atoms with Crippen molar-refractivity contribution in [2.45, 2.75) is 58.6 Å². The Labute approximate surface area is 123 Å². The van der Waals surface area contributed by atoms with Crippen LogP contribution in [0.5, 0.6) is 5.75 Å². The fraction of sp³-hybridized carbons (Fsp3) is 0.647. The first kappa shape index (κ1) is 17.0. The first-order valence-electron chi connectivity index (χ1n) is 7.59. The van der Waals surface area contributed by atoms with Gasteiger partial charge in [0, 0.05) is 17.6 Å². The highest BCUT2D eigenvalue weighted by atomic mass is 16.5. The summed E-state index contributed by atoms with van der Waals surface area (Å²) in [5.74, 6) is 0.750. The van der Waals surface area contributed by atoms with Gasteiger partial charge in [0.2, 0.25) is 0 Å². The van der Waals surface area contributed by atoms with Gasteiger partial charge >= 0.3 is 0 Å². The van der Waals surface area contributed by atoms with E-state index in [2.05, 4.69) is 26.1 Å². The molecule has 0 fully saturated rings. The van der Waals surface area contributed by atoms with E-state index in [0.29, 0.717) is 6.54 Å².